The van der Waals surface area contributed by atoms with Gasteiger partial charge in [-0.25, -0.2) is 0 Å². The largest absolute Gasteiger partial charge is 0.473 e. The molecule has 4 aliphatic rings. The van der Waals surface area contributed by atoms with Gasteiger partial charge in [0.15, 0.2) is 0 Å². The Morgan fingerprint density at radius 1 is 1.10 bits per heavy atom. The van der Waals surface area contributed by atoms with Crippen molar-refractivity contribution in [3.8, 4) is 17.1 Å². The first-order chi connectivity index (χ1) is 15.1. The highest BCUT2D eigenvalue weighted by Gasteiger charge is 2.47. The van der Waals surface area contributed by atoms with Crippen LogP contribution in [0.3, 0.4) is 0 Å². The van der Waals surface area contributed by atoms with Crippen molar-refractivity contribution in [1.82, 2.24) is 24.9 Å². The first kappa shape index (κ1) is 19.5. The molecule has 3 heterocycles. The zero-order valence-corrected chi connectivity index (χ0v) is 18.7. The molecule has 3 atom stereocenters. The molecule has 0 amide bonds. The van der Waals surface area contributed by atoms with E-state index in [0.717, 1.165) is 34.7 Å². The third kappa shape index (κ3) is 3.69. The second kappa shape index (κ2) is 7.44. The normalized spacial score (nSPS) is 29.5. The number of fused-ring (bicyclic) bond motifs is 2. The Balaban J connectivity index is 0.982. The minimum atomic E-state index is 0.294. The van der Waals surface area contributed by atoms with Crippen LogP contribution in [0.1, 0.15) is 44.2 Å². The second-order valence-electron chi connectivity index (χ2n) is 10.5. The lowest BCUT2D eigenvalue weighted by molar-refractivity contribution is -0.0592. The predicted octanol–water partition coefficient (Wildman–Crippen LogP) is 4.02. The number of piperidine rings is 1. The average Bonchev–Trinajstić information content (AvgIpc) is 3.44. The van der Waals surface area contributed by atoms with Gasteiger partial charge >= 0.3 is 0 Å². The molecule has 1 saturated heterocycles. The molecule has 0 aromatic carbocycles. The number of ether oxygens (including phenoxy) is 1. The van der Waals surface area contributed by atoms with E-state index in [4.69, 9.17) is 4.74 Å². The SMILES string of the molecule is Cc1nn(C)cc1-c1ccc(OC2CC3(CCN(CC4C[C@H]5C=CC4C5)CC3)C2)nn1. The lowest BCUT2D eigenvalue weighted by Crippen LogP contribution is -2.51. The fourth-order valence-electron chi connectivity index (χ4n) is 6.59. The third-order valence-corrected chi connectivity index (χ3v) is 8.36. The highest BCUT2D eigenvalue weighted by Crippen LogP contribution is 2.51. The van der Waals surface area contributed by atoms with Crippen LogP contribution >= 0.6 is 0 Å². The van der Waals surface area contributed by atoms with Crippen LogP contribution in [0.2, 0.25) is 0 Å². The summed E-state index contributed by atoms with van der Waals surface area (Å²) in [5, 5.41) is 13.1. The van der Waals surface area contributed by atoms with Crippen LogP contribution in [0, 0.1) is 30.1 Å². The van der Waals surface area contributed by atoms with Crippen LogP contribution in [-0.4, -0.2) is 50.6 Å². The molecule has 2 aromatic heterocycles. The van der Waals surface area contributed by atoms with Gasteiger partial charge in [0.1, 0.15) is 6.10 Å². The number of aryl methyl sites for hydroxylation is 2. The van der Waals surface area contributed by atoms with Crippen molar-refractivity contribution in [3.63, 3.8) is 0 Å². The van der Waals surface area contributed by atoms with Crippen LogP contribution in [0.15, 0.2) is 30.5 Å². The number of hydrogen-bond donors (Lipinski definition) is 0. The van der Waals surface area contributed by atoms with Gasteiger partial charge in [0.25, 0.3) is 0 Å². The van der Waals surface area contributed by atoms with Gasteiger partial charge in [-0.05, 0) is 87.8 Å². The zero-order valence-electron chi connectivity index (χ0n) is 18.7. The number of aromatic nitrogens is 4. The van der Waals surface area contributed by atoms with Gasteiger partial charge in [-0.2, -0.15) is 5.10 Å². The number of nitrogens with zero attached hydrogens (tertiary/aromatic N) is 5. The topological polar surface area (TPSA) is 56.1 Å². The summed E-state index contributed by atoms with van der Waals surface area (Å²) in [6.45, 7) is 5.85. The predicted molar refractivity (Wildman–Crippen MR) is 120 cm³/mol. The molecule has 0 N–H and O–H groups in total. The van der Waals surface area contributed by atoms with Crippen LogP contribution in [-0.2, 0) is 7.05 Å². The molecule has 1 spiro atoms. The van der Waals surface area contributed by atoms with Gasteiger partial charge in [-0.1, -0.05) is 12.2 Å². The van der Waals surface area contributed by atoms with E-state index in [9.17, 15) is 0 Å². The van der Waals surface area contributed by atoms with Gasteiger partial charge in [-0.15, -0.1) is 10.2 Å². The van der Waals surface area contributed by atoms with E-state index in [1.54, 1.807) is 0 Å². The summed E-state index contributed by atoms with van der Waals surface area (Å²) in [4.78, 5) is 2.74. The van der Waals surface area contributed by atoms with Crippen molar-refractivity contribution in [1.29, 1.82) is 0 Å². The van der Waals surface area contributed by atoms with Crippen molar-refractivity contribution >= 4 is 0 Å². The standard InChI is InChI=1S/C25H33N5O/c1-17-22(16-29(2)28-17)23-5-6-24(27-26-23)31-21-13-25(14-21)7-9-30(10-8-25)15-20-12-18-3-4-19(20)11-18/h3-6,16,18-21H,7-15H2,1-2H3/t18-,19?,20?/m0/s1. The Hall–Kier alpha value is -2.21. The molecule has 1 aliphatic heterocycles. The summed E-state index contributed by atoms with van der Waals surface area (Å²) in [6.07, 6.45) is 15.1. The molecule has 3 aliphatic carbocycles. The zero-order chi connectivity index (χ0) is 21.0. The maximum Gasteiger partial charge on any atom is 0.233 e. The van der Waals surface area contributed by atoms with Crippen molar-refractivity contribution in [3.05, 3.63) is 36.2 Å². The molecule has 6 heteroatoms. The van der Waals surface area contributed by atoms with Gasteiger partial charge in [0.2, 0.25) is 5.88 Å². The Bertz CT molecular complexity index is 964. The molecule has 0 radical (unpaired) electrons. The van der Waals surface area contributed by atoms with Crippen molar-refractivity contribution in [2.24, 2.45) is 30.2 Å². The van der Waals surface area contributed by atoms with Crippen molar-refractivity contribution in [2.45, 2.75) is 51.6 Å². The summed E-state index contributed by atoms with van der Waals surface area (Å²) in [6, 6.07) is 3.94. The minimum Gasteiger partial charge on any atom is -0.473 e. The molecule has 3 fully saturated rings. The van der Waals surface area contributed by atoms with E-state index in [0.29, 0.717) is 17.4 Å². The summed E-state index contributed by atoms with van der Waals surface area (Å²) in [5.41, 5.74) is 3.35. The van der Waals surface area contributed by atoms with Crippen LogP contribution in [0.4, 0.5) is 0 Å². The van der Waals surface area contributed by atoms with Gasteiger partial charge in [0.05, 0.1) is 11.4 Å². The fraction of sp³-hybridized carbons (Fsp3) is 0.640. The van der Waals surface area contributed by atoms with Crippen molar-refractivity contribution < 1.29 is 4.74 Å². The Kier molecular flexibility index (Phi) is 4.67. The maximum absolute atomic E-state index is 6.16. The van der Waals surface area contributed by atoms with Crippen LogP contribution < -0.4 is 4.74 Å². The number of hydrogen-bond acceptors (Lipinski definition) is 5. The Morgan fingerprint density at radius 3 is 2.55 bits per heavy atom. The lowest BCUT2D eigenvalue weighted by atomic mass is 9.61. The first-order valence-electron chi connectivity index (χ1n) is 12.0. The van der Waals surface area contributed by atoms with E-state index in [-0.39, 0.29) is 0 Å². The molecule has 2 unspecified atom stereocenters. The molecular formula is C25H33N5O. The highest BCUT2D eigenvalue weighted by molar-refractivity contribution is 5.60. The minimum absolute atomic E-state index is 0.294. The monoisotopic (exact) mass is 419 g/mol. The van der Waals surface area contributed by atoms with E-state index < -0.39 is 0 Å². The van der Waals surface area contributed by atoms with E-state index in [1.165, 1.54) is 58.2 Å². The summed E-state index contributed by atoms with van der Waals surface area (Å²) < 4.78 is 7.97. The average molecular weight is 420 g/mol. The molecule has 2 saturated carbocycles. The van der Waals surface area contributed by atoms with Gasteiger partial charge in [0, 0.05) is 31.4 Å². The smallest absolute Gasteiger partial charge is 0.233 e. The van der Waals surface area contributed by atoms with E-state index in [1.807, 2.05) is 37.0 Å². The molecule has 2 bridgehead atoms. The maximum atomic E-state index is 6.16. The van der Waals surface area contributed by atoms with Gasteiger partial charge in [-0.3, -0.25) is 4.68 Å². The second-order valence-corrected chi connectivity index (χ2v) is 10.5. The summed E-state index contributed by atoms with van der Waals surface area (Å²) >= 11 is 0. The molecule has 6 rings (SSSR count). The number of allylic oxidation sites excluding steroid dienone is 2. The lowest BCUT2D eigenvalue weighted by Gasteiger charge is -2.52. The molecule has 2 aromatic rings. The molecule has 164 valence electrons. The molecule has 31 heavy (non-hydrogen) atoms. The van der Waals surface area contributed by atoms with Gasteiger partial charge < -0.3 is 9.64 Å². The Labute approximate surface area is 184 Å². The highest BCUT2D eigenvalue weighted by atomic mass is 16.5. The third-order valence-electron chi connectivity index (χ3n) is 8.36. The van der Waals surface area contributed by atoms with E-state index >= 15 is 0 Å². The quantitative estimate of drug-likeness (QED) is 0.685. The number of rotatable bonds is 5. The number of likely N-dealkylation sites (tertiary alicyclic amines) is 1. The summed E-state index contributed by atoms with van der Waals surface area (Å²) in [7, 11) is 1.92. The molecular weight excluding hydrogens is 386 g/mol. The first-order valence-corrected chi connectivity index (χ1v) is 12.0. The van der Waals surface area contributed by atoms with E-state index in [2.05, 4.69) is 32.3 Å². The summed E-state index contributed by atoms with van der Waals surface area (Å²) in [5.74, 6) is 3.32. The molecule has 6 nitrogen and oxygen atoms in total. The van der Waals surface area contributed by atoms with Crippen LogP contribution in [0.25, 0.3) is 11.3 Å². The fourth-order valence-corrected chi connectivity index (χ4v) is 6.59. The Morgan fingerprint density at radius 2 is 1.94 bits per heavy atom. The van der Waals surface area contributed by atoms with Crippen molar-refractivity contribution in [2.75, 3.05) is 19.6 Å². The van der Waals surface area contributed by atoms with Crippen LogP contribution in [0.5, 0.6) is 5.88 Å².